The topological polar surface area (TPSA) is 87.3 Å². The Morgan fingerprint density at radius 2 is 1.64 bits per heavy atom. The zero-order valence-electron chi connectivity index (χ0n) is 13.1. The lowest BCUT2D eigenvalue weighted by atomic mass is 10.0. The standard InChI is InChI=1S/C18H15N3O3S/c22-16(20-21-18(24)15-9-4-10-25-15)11-19-17(23)14-8-3-6-12-5-1-2-7-13(12)14/h1-10H,11H2,(H,19,23)(H,20,22)(H,21,24). The molecule has 0 bridgehead atoms. The lowest BCUT2D eigenvalue weighted by molar-refractivity contribution is -0.120. The van der Waals surface area contributed by atoms with Crippen molar-refractivity contribution in [3.05, 3.63) is 70.4 Å². The Kier molecular flexibility index (Phi) is 5.06. The van der Waals surface area contributed by atoms with Crippen molar-refractivity contribution in [3.63, 3.8) is 0 Å². The van der Waals surface area contributed by atoms with Gasteiger partial charge in [0.1, 0.15) is 0 Å². The molecule has 0 fully saturated rings. The summed E-state index contributed by atoms with van der Waals surface area (Å²) in [5.74, 6) is -1.27. The number of benzene rings is 2. The third-order valence-electron chi connectivity index (χ3n) is 3.50. The molecule has 3 N–H and O–H groups in total. The van der Waals surface area contributed by atoms with Crippen LogP contribution in [0.4, 0.5) is 0 Å². The number of amides is 3. The van der Waals surface area contributed by atoms with E-state index in [2.05, 4.69) is 16.2 Å². The molecule has 0 spiro atoms. The second-order valence-electron chi connectivity index (χ2n) is 5.19. The molecule has 0 saturated heterocycles. The molecule has 0 unspecified atom stereocenters. The first-order valence-electron chi connectivity index (χ1n) is 7.54. The molecule has 2 aromatic carbocycles. The fraction of sp³-hybridized carbons (Fsp3) is 0.0556. The van der Waals surface area contributed by atoms with Gasteiger partial charge in [-0.05, 0) is 28.3 Å². The largest absolute Gasteiger partial charge is 0.343 e. The smallest absolute Gasteiger partial charge is 0.279 e. The maximum atomic E-state index is 12.3. The van der Waals surface area contributed by atoms with Crippen molar-refractivity contribution in [3.8, 4) is 0 Å². The van der Waals surface area contributed by atoms with Gasteiger partial charge in [0, 0.05) is 5.56 Å². The van der Waals surface area contributed by atoms with E-state index >= 15 is 0 Å². The van der Waals surface area contributed by atoms with E-state index in [0.29, 0.717) is 10.4 Å². The summed E-state index contributed by atoms with van der Waals surface area (Å²) in [5, 5.41) is 6.08. The number of hydrazine groups is 1. The first kappa shape index (κ1) is 16.7. The van der Waals surface area contributed by atoms with Crippen molar-refractivity contribution in [2.75, 3.05) is 6.54 Å². The third-order valence-corrected chi connectivity index (χ3v) is 4.37. The highest BCUT2D eigenvalue weighted by molar-refractivity contribution is 7.12. The SMILES string of the molecule is O=C(CNC(=O)c1cccc2ccccc12)NNC(=O)c1cccs1. The maximum Gasteiger partial charge on any atom is 0.279 e. The minimum absolute atomic E-state index is 0.243. The highest BCUT2D eigenvalue weighted by atomic mass is 32.1. The molecule has 0 atom stereocenters. The third kappa shape index (κ3) is 4.02. The zero-order valence-corrected chi connectivity index (χ0v) is 13.9. The molecule has 1 aromatic heterocycles. The van der Waals surface area contributed by atoms with Crippen LogP contribution in [0.3, 0.4) is 0 Å². The summed E-state index contributed by atoms with van der Waals surface area (Å²) in [6.07, 6.45) is 0. The number of carbonyl (C=O) groups is 3. The van der Waals surface area contributed by atoms with Gasteiger partial charge in [-0.15, -0.1) is 11.3 Å². The molecule has 1 heterocycles. The van der Waals surface area contributed by atoms with Gasteiger partial charge >= 0.3 is 0 Å². The molecular formula is C18H15N3O3S. The summed E-state index contributed by atoms with van der Waals surface area (Å²) in [6, 6.07) is 16.3. The first-order valence-corrected chi connectivity index (χ1v) is 8.42. The van der Waals surface area contributed by atoms with Crippen LogP contribution in [0.2, 0.25) is 0 Å². The Bertz CT molecular complexity index is 917. The molecule has 0 aliphatic carbocycles. The maximum absolute atomic E-state index is 12.3. The van der Waals surface area contributed by atoms with Gasteiger partial charge in [0.25, 0.3) is 17.7 Å². The van der Waals surface area contributed by atoms with E-state index in [4.69, 9.17) is 0 Å². The number of hydrogen-bond donors (Lipinski definition) is 3. The molecule has 0 saturated carbocycles. The summed E-state index contributed by atoms with van der Waals surface area (Å²) >= 11 is 1.27. The molecular weight excluding hydrogens is 338 g/mol. The molecule has 3 rings (SSSR count). The average Bonchev–Trinajstić information content (AvgIpc) is 3.18. The predicted octanol–water partition coefficient (Wildman–Crippen LogP) is 2.09. The van der Waals surface area contributed by atoms with Gasteiger partial charge in [0.2, 0.25) is 0 Å². The molecule has 25 heavy (non-hydrogen) atoms. The van der Waals surface area contributed by atoms with E-state index in [-0.39, 0.29) is 12.5 Å². The van der Waals surface area contributed by atoms with E-state index in [1.807, 2.05) is 30.3 Å². The summed E-state index contributed by atoms with van der Waals surface area (Å²) < 4.78 is 0. The minimum atomic E-state index is -0.515. The predicted molar refractivity (Wildman–Crippen MR) is 96.2 cm³/mol. The number of fused-ring (bicyclic) bond motifs is 1. The van der Waals surface area contributed by atoms with E-state index in [1.54, 1.807) is 29.6 Å². The zero-order chi connectivity index (χ0) is 17.6. The second-order valence-corrected chi connectivity index (χ2v) is 6.14. The molecule has 126 valence electrons. The number of hydrogen-bond acceptors (Lipinski definition) is 4. The van der Waals surface area contributed by atoms with Gasteiger partial charge in [-0.2, -0.15) is 0 Å². The number of rotatable bonds is 4. The lowest BCUT2D eigenvalue weighted by Gasteiger charge is -2.09. The Labute approximate surface area is 147 Å². The van der Waals surface area contributed by atoms with Crippen molar-refractivity contribution in [1.82, 2.24) is 16.2 Å². The summed E-state index contributed by atoms with van der Waals surface area (Å²) in [4.78, 5) is 36.3. The van der Waals surface area contributed by atoms with Gasteiger partial charge in [-0.25, -0.2) is 0 Å². The van der Waals surface area contributed by atoms with Crippen molar-refractivity contribution in [2.45, 2.75) is 0 Å². The molecule has 0 aliphatic heterocycles. The van der Waals surface area contributed by atoms with Crippen LogP contribution in [0.5, 0.6) is 0 Å². The van der Waals surface area contributed by atoms with Gasteiger partial charge in [0.15, 0.2) is 0 Å². The van der Waals surface area contributed by atoms with Crippen molar-refractivity contribution in [2.24, 2.45) is 0 Å². The Morgan fingerprint density at radius 3 is 2.44 bits per heavy atom. The van der Waals surface area contributed by atoms with E-state index in [0.717, 1.165) is 10.8 Å². The van der Waals surface area contributed by atoms with Crippen LogP contribution in [-0.2, 0) is 4.79 Å². The number of carbonyl (C=O) groups excluding carboxylic acids is 3. The van der Waals surface area contributed by atoms with Crippen LogP contribution in [0.1, 0.15) is 20.0 Å². The molecule has 7 heteroatoms. The summed E-state index contributed by atoms with van der Waals surface area (Å²) in [5.41, 5.74) is 5.06. The van der Waals surface area contributed by atoms with Gasteiger partial charge in [-0.1, -0.05) is 42.5 Å². The lowest BCUT2D eigenvalue weighted by Crippen LogP contribution is -2.46. The Hall–Kier alpha value is -3.19. The molecule has 6 nitrogen and oxygen atoms in total. The Morgan fingerprint density at radius 1 is 0.840 bits per heavy atom. The molecule has 0 aliphatic rings. The number of thiophene rings is 1. The molecule has 3 amide bonds. The number of nitrogens with one attached hydrogen (secondary N) is 3. The van der Waals surface area contributed by atoms with E-state index in [9.17, 15) is 14.4 Å². The molecule has 3 aromatic rings. The molecule has 0 radical (unpaired) electrons. The van der Waals surface area contributed by atoms with Crippen molar-refractivity contribution < 1.29 is 14.4 Å². The van der Waals surface area contributed by atoms with E-state index in [1.165, 1.54) is 11.3 Å². The minimum Gasteiger partial charge on any atom is -0.343 e. The van der Waals surface area contributed by atoms with E-state index < -0.39 is 11.8 Å². The van der Waals surface area contributed by atoms with Crippen molar-refractivity contribution in [1.29, 1.82) is 0 Å². The van der Waals surface area contributed by atoms with Gasteiger partial charge < -0.3 is 5.32 Å². The van der Waals surface area contributed by atoms with Crippen LogP contribution >= 0.6 is 11.3 Å². The second kappa shape index (κ2) is 7.59. The van der Waals surface area contributed by atoms with Crippen LogP contribution < -0.4 is 16.2 Å². The van der Waals surface area contributed by atoms with Crippen LogP contribution in [0.25, 0.3) is 10.8 Å². The quantitative estimate of drug-likeness (QED) is 0.628. The fourth-order valence-electron chi connectivity index (χ4n) is 2.32. The van der Waals surface area contributed by atoms with Crippen LogP contribution in [-0.4, -0.2) is 24.3 Å². The van der Waals surface area contributed by atoms with Crippen molar-refractivity contribution >= 4 is 39.8 Å². The first-order chi connectivity index (χ1) is 12.1. The average molecular weight is 353 g/mol. The van der Waals surface area contributed by atoms with Gasteiger partial charge in [0.05, 0.1) is 11.4 Å². The highest BCUT2D eigenvalue weighted by Crippen LogP contribution is 2.18. The Balaban J connectivity index is 1.55. The van der Waals surface area contributed by atoms with Gasteiger partial charge in [-0.3, -0.25) is 25.2 Å². The fourth-order valence-corrected chi connectivity index (χ4v) is 2.94. The monoisotopic (exact) mass is 353 g/mol. The van der Waals surface area contributed by atoms with Crippen LogP contribution in [0.15, 0.2) is 60.0 Å². The normalized spacial score (nSPS) is 10.2. The summed E-state index contributed by atoms with van der Waals surface area (Å²) in [7, 11) is 0. The highest BCUT2D eigenvalue weighted by Gasteiger charge is 2.12. The van der Waals surface area contributed by atoms with Crippen LogP contribution in [0, 0.1) is 0 Å². The summed E-state index contributed by atoms with van der Waals surface area (Å²) in [6.45, 7) is -0.243.